The Hall–Kier alpha value is -2.44. The SMILES string of the molecule is COc1ccc(C2(O)CCN(CCCc3noc4cc(F)ccc34)CC2)cc1. The van der Waals surface area contributed by atoms with Crippen LogP contribution in [0, 0.1) is 5.82 Å². The van der Waals surface area contributed by atoms with Crippen molar-refractivity contribution in [1.29, 1.82) is 0 Å². The van der Waals surface area contributed by atoms with Crippen molar-refractivity contribution < 1.29 is 18.8 Å². The number of hydrogen-bond acceptors (Lipinski definition) is 5. The van der Waals surface area contributed by atoms with Gasteiger partial charge in [0.25, 0.3) is 0 Å². The van der Waals surface area contributed by atoms with Crippen LogP contribution < -0.4 is 4.74 Å². The van der Waals surface area contributed by atoms with Crippen LogP contribution in [0.5, 0.6) is 5.75 Å². The van der Waals surface area contributed by atoms with Crippen LogP contribution in [0.4, 0.5) is 4.39 Å². The Balaban J connectivity index is 1.29. The molecule has 0 unspecified atom stereocenters. The molecule has 0 aliphatic carbocycles. The van der Waals surface area contributed by atoms with Gasteiger partial charge >= 0.3 is 0 Å². The van der Waals surface area contributed by atoms with E-state index in [1.54, 1.807) is 13.2 Å². The van der Waals surface area contributed by atoms with Gasteiger partial charge in [0.2, 0.25) is 0 Å². The summed E-state index contributed by atoms with van der Waals surface area (Å²) in [5.74, 6) is 0.487. The van der Waals surface area contributed by atoms with E-state index in [1.807, 2.05) is 24.3 Å². The standard InChI is InChI=1S/C22H25FN2O3/c1-27-18-7-4-16(5-8-18)22(26)10-13-25(14-11-22)12-2-3-20-19-9-6-17(23)15-21(19)28-24-20/h4-9,15,26H,2-3,10-14H2,1H3. The van der Waals surface area contributed by atoms with E-state index >= 15 is 0 Å². The molecule has 1 saturated heterocycles. The van der Waals surface area contributed by atoms with Crippen molar-refractivity contribution in [2.45, 2.75) is 31.3 Å². The molecule has 2 aromatic carbocycles. The molecule has 0 spiro atoms. The number of hydrogen-bond donors (Lipinski definition) is 1. The first kappa shape index (κ1) is 18.9. The first-order valence-electron chi connectivity index (χ1n) is 9.70. The quantitative estimate of drug-likeness (QED) is 0.699. The number of benzene rings is 2. The van der Waals surface area contributed by atoms with E-state index in [0.717, 1.165) is 54.9 Å². The summed E-state index contributed by atoms with van der Waals surface area (Å²) < 4.78 is 23.7. The van der Waals surface area contributed by atoms with E-state index in [1.165, 1.54) is 12.1 Å². The molecule has 148 valence electrons. The zero-order valence-electron chi connectivity index (χ0n) is 16.0. The molecular weight excluding hydrogens is 359 g/mol. The smallest absolute Gasteiger partial charge is 0.170 e. The van der Waals surface area contributed by atoms with E-state index in [0.29, 0.717) is 18.4 Å². The van der Waals surface area contributed by atoms with Crippen LogP contribution in [0.3, 0.4) is 0 Å². The second-order valence-electron chi connectivity index (χ2n) is 7.48. The zero-order valence-corrected chi connectivity index (χ0v) is 16.0. The highest BCUT2D eigenvalue weighted by Gasteiger charge is 2.33. The fourth-order valence-electron chi connectivity index (χ4n) is 3.95. The van der Waals surface area contributed by atoms with Crippen molar-refractivity contribution in [3.8, 4) is 5.75 Å². The lowest BCUT2D eigenvalue weighted by atomic mass is 9.84. The van der Waals surface area contributed by atoms with Crippen molar-refractivity contribution in [3.63, 3.8) is 0 Å². The van der Waals surface area contributed by atoms with Gasteiger partial charge in [0.15, 0.2) is 5.58 Å². The van der Waals surface area contributed by atoms with Crippen LogP contribution in [0.1, 0.15) is 30.5 Å². The molecule has 0 bridgehead atoms. The number of rotatable bonds is 6. The van der Waals surface area contributed by atoms with E-state index in [2.05, 4.69) is 10.1 Å². The maximum absolute atomic E-state index is 13.2. The van der Waals surface area contributed by atoms with Crippen LogP contribution in [-0.2, 0) is 12.0 Å². The molecule has 2 heterocycles. The fourth-order valence-corrected chi connectivity index (χ4v) is 3.95. The third-order valence-corrected chi connectivity index (χ3v) is 5.71. The summed E-state index contributed by atoms with van der Waals surface area (Å²) in [6.45, 7) is 2.65. The van der Waals surface area contributed by atoms with Gasteiger partial charge in [-0.15, -0.1) is 0 Å². The Morgan fingerprint density at radius 2 is 1.93 bits per heavy atom. The van der Waals surface area contributed by atoms with Crippen LogP contribution >= 0.6 is 0 Å². The highest BCUT2D eigenvalue weighted by molar-refractivity contribution is 5.79. The van der Waals surface area contributed by atoms with Gasteiger partial charge < -0.3 is 19.3 Å². The molecule has 0 saturated carbocycles. The van der Waals surface area contributed by atoms with Gasteiger partial charge in [-0.3, -0.25) is 0 Å². The first-order valence-corrected chi connectivity index (χ1v) is 9.70. The maximum atomic E-state index is 13.2. The Morgan fingerprint density at radius 1 is 1.18 bits per heavy atom. The van der Waals surface area contributed by atoms with Crippen molar-refractivity contribution >= 4 is 11.0 Å². The van der Waals surface area contributed by atoms with Crippen LogP contribution in [-0.4, -0.2) is 41.9 Å². The summed E-state index contributed by atoms with van der Waals surface area (Å²) in [7, 11) is 1.64. The van der Waals surface area contributed by atoms with E-state index in [-0.39, 0.29) is 5.82 Å². The molecule has 3 aromatic rings. The minimum absolute atomic E-state index is 0.312. The lowest BCUT2D eigenvalue weighted by Gasteiger charge is -2.38. The van der Waals surface area contributed by atoms with Crippen molar-refractivity contribution in [2.75, 3.05) is 26.7 Å². The Morgan fingerprint density at radius 3 is 2.64 bits per heavy atom. The predicted molar refractivity (Wildman–Crippen MR) is 105 cm³/mol. The topological polar surface area (TPSA) is 58.7 Å². The summed E-state index contributed by atoms with van der Waals surface area (Å²) in [6.07, 6.45) is 3.16. The molecule has 0 amide bonds. The molecule has 6 heteroatoms. The van der Waals surface area contributed by atoms with Gasteiger partial charge in [-0.25, -0.2) is 4.39 Å². The average Bonchev–Trinajstić information content (AvgIpc) is 3.11. The second-order valence-corrected chi connectivity index (χ2v) is 7.48. The average molecular weight is 384 g/mol. The third-order valence-electron chi connectivity index (χ3n) is 5.71. The molecule has 5 nitrogen and oxygen atoms in total. The number of aryl methyl sites for hydroxylation is 1. The van der Waals surface area contributed by atoms with Crippen LogP contribution in [0.15, 0.2) is 47.0 Å². The summed E-state index contributed by atoms with van der Waals surface area (Å²) in [5, 5.41) is 16.0. The number of piperidine rings is 1. The number of aromatic nitrogens is 1. The number of ether oxygens (including phenoxy) is 1. The van der Waals surface area contributed by atoms with Gasteiger partial charge in [-0.1, -0.05) is 17.3 Å². The molecule has 1 fully saturated rings. The summed E-state index contributed by atoms with van der Waals surface area (Å²) in [4.78, 5) is 2.37. The monoisotopic (exact) mass is 384 g/mol. The van der Waals surface area contributed by atoms with Gasteiger partial charge in [-0.2, -0.15) is 0 Å². The minimum Gasteiger partial charge on any atom is -0.497 e. The molecule has 28 heavy (non-hydrogen) atoms. The number of fused-ring (bicyclic) bond motifs is 1. The van der Waals surface area contributed by atoms with Crippen molar-refractivity contribution in [3.05, 3.63) is 59.5 Å². The third kappa shape index (κ3) is 3.88. The van der Waals surface area contributed by atoms with E-state index in [9.17, 15) is 9.50 Å². The molecule has 1 N–H and O–H groups in total. The largest absolute Gasteiger partial charge is 0.497 e. The van der Waals surface area contributed by atoms with Gasteiger partial charge in [-0.05, 0) is 62.1 Å². The fraction of sp³-hybridized carbons (Fsp3) is 0.409. The van der Waals surface area contributed by atoms with Gasteiger partial charge in [0.1, 0.15) is 11.6 Å². The van der Waals surface area contributed by atoms with E-state index < -0.39 is 5.60 Å². The predicted octanol–water partition coefficient (Wildman–Crippen LogP) is 3.89. The normalized spacial score (nSPS) is 17.1. The van der Waals surface area contributed by atoms with Crippen LogP contribution in [0.25, 0.3) is 11.0 Å². The summed E-state index contributed by atoms with van der Waals surface area (Å²) in [6, 6.07) is 12.2. The van der Waals surface area contributed by atoms with Crippen molar-refractivity contribution in [1.82, 2.24) is 10.1 Å². The lowest BCUT2D eigenvalue weighted by Crippen LogP contribution is -2.42. The van der Waals surface area contributed by atoms with Crippen LogP contribution in [0.2, 0.25) is 0 Å². The number of methoxy groups -OCH3 is 1. The molecular formula is C22H25FN2O3. The number of halogens is 1. The Kier molecular flexibility index (Phi) is 5.33. The highest BCUT2D eigenvalue weighted by atomic mass is 19.1. The van der Waals surface area contributed by atoms with Gasteiger partial charge in [0, 0.05) is 24.5 Å². The van der Waals surface area contributed by atoms with E-state index in [4.69, 9.17) is 9.26 Å². The first-order chi connectivity index (χ1) is 13.6. The summed E-state index contributed by atoms with van der Waals surface area (Å²) >= 11 is 0. The minimum atomic E-state index is -0.769. The highest BCUT2D eigenvalue weighted by Crippen LogP contribution is 2.33. The number of aliphatic hydroxyl groups is 1. The zero-order chi connectivity index (χ0) is 19.6. The molecule has 0 radical (unpaired) electrons. The Bertz CT molecular complexity index is 931. The Labute approximate surface area is 163 Å². The molecule has 1 aliphatic rings. The van der Waals surface area contributed by atoms with Crippen molar-refractivity contribution in [2.24, 2.45) is 0 Å². The maximum Gasteiger partial charge on any atom is 0.170 e. The lowest BCUT2D eigenvalue weighted by molar-refractivity contribution is -0.0260. The molecule has 1 aromatic heterocycles. The number of nitrogens with zero attached hydrogens (tertiary/aromatic N) is 2. The summed E-state index contributed by atoms with van der Waals surface area (Å²) in [5.41, 5.74) is 1.56. The second kappa shape index (κ2) is 7.89. The molecule has 1 aliphatic heterocycles. The molecule has 4 rings (SSSR count). The van der Waals surface area contributed by atoms with Gasteiger partial charge in [0.05, 0.1) is 18.4 Å². The number of likely N-dealkylation sites (tertiary alicyclic amines) is 1. The molecule has 0 atom stereocenters.